The summed E-state index contributed by atoms with van der Waals surface area (Å²) in [5, 5.41) is 24.3. The smallest absolute Gasteiger partial charge is 0.280 e. The van der Waals surface area contributed by atoms with Crippen LogP contribution < -0.4 is 11.0 Å². The normalized spacial score (nSPS) is 11.2. The molecule has 0 saturated carbocycles. The Morgan fingerprint density at radius 2 is 1.92 bits per heavy atom. The Morgan fingerprint density at radius 1 is 1.19 bits per heavy atom. The van der Waals surface area contributed by atoms with E-state index in [2.05, 4.69) is 10.5 Å². The number of carbonyl (C=O) groups excluding carboxylic acids is 1. The molecule has 7 nitrogen and oxygen atoms in total. The van der Waals surface area contributed by atoms with Gasteiger partial charge in [0.25, 0.3) is 11.5 Å². The molecule has 1 aromatic heterocycles. The van der Waals surface area contributed by atoms with Crippen molar-refractivity contribution in [2.24, 2.45) is 12.1 Å². The number of carbonyl (C=O) groups is 1. The van der Waals surface area contributed by atoms with Crippen molar-refractivity contribution in [2.75, 3.05) is 0 Å². The van der Waals surface area contributed by atoms with Gasteiger partial charge in [-0.05, 0) is 31.2 Å². The fourth-order valence-electron chi connectivity index (χ4n) is 2.68. The van der Waals surface area contributed by atoms with E-state index >= 15 is 0 Å². The zero-order chi connectivity index (χ0) is 18.8. The minimum absolute atomic E-state index is 0.0121. The largest absolute Gasteiger partial charge is 0.507 e. The molecule has 0 unspecified atom stereocenters. The summed E-state index contributed by atoms with van der Waals surface area (Å²) in [5.41, 5.74) is 3.03. The fourth-order valence-corrected chi connectivity index (χ4v) is 2.68. The third-order valence-electron chi connectivity index (χ3n) is 4.06. The summed E-state index contributed by atoms with van der Waals surface area (Å²) < 4.78 is 1.29. The molecule has 0 saturated heterocycles. The van der Waals surface area contributed by atoms with Crippen molar-refractivity contribution in [1.29, 1.82) is 0 Å². The van der Waals surface area contributed by atoms with Crippen molar-refractivity contribution in [3.63, 3.8) is 0 Å². The molecule has 2 aromatic carbocycles. The summed E-state index contributed by atoms with van der Waals surface area (Å²) in [5.74, 6) is -1.22. The predicted octanol–water partition coefficient (Wildman–Crippen LogP) is 2.02. The zero-order valence-corrected chi connectivity index (χ0v) is 14.2. The van der Waals surface area contributed by atoms with E-state index in [0.29, 0.717) is 16.5 Å². The Morgan fingerprint density at radius 3 is 2.69 bits per heavy atom. The highest BCUT2D eigenvalue weighted by Gasteiger charge is 2.20. The van der Waals surface area contributed by atoms with E-state index in [4.69, 9.17) is 0 Å². The Balaban J connectivity index is 1.95. The highest BCUT2D eigenvalue weighted by Crippen LogP contribution is 2.25. The number of hydrazone groups is 1. The molecule has 0 radical (unpaired) electrons. The highest BCUT2D eigenvalue weighted by atomic mass is 16.3. The van der Waals surface area contributed by atoms with Crippen molar-refractivity contribution in [3.8, 4) is 11.5 Å². The predicted molar refractivity (Wildman–Crippen MR) is 98.8 cm³/mol. The van der Waals surface area contributed by atoms with Crippen LogP contribution in [0.3, 0.4) is 0 Å². The summed E-state index contributed by atoms with van der Waals surface area (Å²) >= 11 is 0. The minimum Gasteiger partial charge on any atom is -0.507 e. The molecule has 0 atom stereocenters. The second kappa shape index (κ2) is 6.72. The summed E-state index contributed by atoms with van der Waals surface area (Å²) in [6.07, 6.45) is 1.27. The lowest BCUT2D eigenvalue weighted by molar-refractivity contribution is 0.0950. The number of benzene rings is 2. The average Bonchev–Trinajstić information content (AvgIpc) is 2.63. The summed E-state index contributed by atoms with van der Waals surface area (Å²) in [4.78, 5) is 24.8. The number of hydrogen-bond acceptors (Lipinski definition) is 5. The van der Waals surface area contributed by atoms with Gasteiger partial charge in [0.05, 0.1) is 11.7 Å². The van der Waals surface area contributed by atoms with E-state index in [1.54, 1.807) is 36.4 Å². The van der Waals surface area contributed by atoms with Gasteiger partial charge in [-0.2, -0.15) is 5.10 Å². The van der Waals surface area contributed by atoms with Crippen molar-refractivity contribution < 1.29 is 15.0 Å². The molecular formula is C19H17N3O4. The maximum Gasteiger partial charge on any atom is 0.280 e. The maximum absolute atomic E-state index is 12.4. The number of nitrogens with one attached hydrogen (secondary N) is 1. The van der Waals surface area contributed by atoms with Crippen LogP contribution in [0.4, 0.5) is 0 Å². The molecule has 26 heavy (non-hydrogen) atoms. The summed E-state index contributed by atoms with van der Waals surface area (Å²) in [6, 6.07) is 11.7. The number of fused-ring (bicyclic) bond motifs is 1. The zero-order valence-electron chi connectivity index (χ0n) is 14.2. The van der Waals surface area contributed by atoms with E-state index in [-0.39, 0.29) is 5.75 Å². The molecular weight excluding hydrogens is 334 g/mol. The van der Waals surface area contributed by atoms with Crippen LogP contribution in [-0.2, 0) is 7.05 Å². The van der Waals surface area contributed by atoms with Crippen LogP contribution in [0.1, 0.15) is 21.5 Å². The van der Waals surface area contributed by atoms with Crippen LogP contribution >= 0.6 is 0 Å². The number of aromatic hydroxyl groups is 2. The summed E-state index contributed by atoms with van der Waals surface area (Å²) in [7, 11) is 1.52. The van der Waals surface area contributed by atoms with Gasteiger partial charge >= 0.3 is 0 Å². The van der Waals surface area contributed by atoms with Gasteiger partial charge < -0.3 is 14.8 Å². The number of hydrogen-bond donors (Lipinski definition) is 3. The molecule has 7 heteroatoms. The Kier molecular flexibility index (Phi) is 4.45. The molecule has 3 N–H and O–H groups in total. The number of rotatable bonds is 3. The van der Waals surface area contributed by atoms with Gasteiger partial charge in [0, 0.05) is 18.0 Å². The fraction of sp³-hybridized carbons (Fsp3) is 0.105. The molecule has 0 fully saturated rings. The molecule has 0 aliphatic carbocycles. The lowest BCUT2D eigenvalue weighted by atomic mass is 10.1. The minimum atomic E-state index is -0.836. The first kappa shape index (κ1) is 17.2. The first-order chi connectivity index (χ1) is 12.4. The number of aryl methyl sites for hydroxylation is 2. The van der Waals surface area contributed by atoms with Gasteiger partial charge in [0.1, 0.15) is 17.1 Å². The molecule has 132 valence electrons. The van der Waals surface area contributed by atoms with Gasteiger partial charge in [-0.3, -0.25) is 9.59 Å². The lowest BCUT2D eigenvalue weighted by Crippen LogP contribution is -2.30. The van der Waals surface area contributed by atoms with Gasteiger partial charge in [-0.25, -0.2) is 5.43 Å². The van der Waals surface area contributed by atoms with E-state index in [0.717, 1.165) is 5.56 Å². The number of para-hydroxylation sites is 1. The summed E-state index contributed by atoms with van der Waals surface area (Å²) in [6.45, 7) is 1.85. The molecule has 0 spiro atoms. The first-order valence-corrected chi connectivity index (χ1v) is 7.84. The number of phenolic OH excluding ortho intramolecular Hbond substituents is 1. The number of nitrogens with zero attached hydrogens (tertiary/aromatic N) is 2. The standard InChI is InChI=1S/C19H17N3O4/c1-11-7-8-15(23)12(9-11)10-20-21-18(25)16-17(24)13-5-3-4-6-14(13)22(2)19(16)26/h3-10,23-24H,1-2H3,(H,21,25)/b20-10+. The van der Waals surface area contributed by atoms with Gasteiger partial charge in [-0.1, -0.05) is 23.8 Å². The van der Waals surface area contributed by atoms with Gasteiger partial charge in [0.2, 0.25) is 0 Å². The Hall–Kier alpha value is -3.61. The molecule has 1 amide bonds. The van der Waals surface area contributed by atoms with Crippen LogP contribution in [0.2, 0.25) is 0 Å². The van der Waals surface area contributed by atoms with Gasteiger partial charge in [0.15, 0.2) is 0 Å². The van der Waals surface area contributed by atoms with Crippen LogP contribution in [0.15, 0.2) is 52.4 Å². The SMILES string of the molecule is Cc1ccc(O)c(/C=N/NC(=O)c2c(O)c3ccccc3n(C)c2=O)c1. The van der Waals surface area contributed by atoms with Gasteiger partial charge in [-0.15, -0.1) is 0 Å². The molecule has 0 bridgehead atoms. The van der Waals surface area contributed by atoms with Crippen LogP contribution in [0.5, 0.6) is 11.5 Å². The molecule has 1 heterocycles. The average molecular weight is 351 g/mol. The molecule has 0 aliphatic heterocycles. The number of amides is 1. The third kappa shape index (κ3) is 3.02. The van der Waals surface area contributed by atoms with E-state index < -0.39 is 22.8 Å². The molecule has 3 aromatic rings. The first-order valence-electron chi connectivity index (χ1n) is 7.84. The Labute approximate surface area is 148 Å². The molecule has 0 aliphatic rings. The van der Waals surface area contributed by atoms with E-state index in [1.165, 1.54) is 23.9 Å². The number of phenols is 1. The second-order valence-corrected chi connectivity index (χ2v) is 5.87. The quantitative estimate of drug-likeness (QED) is 0.496. The van der Waals surface area contributed by atoms with E-state index in [9.17, 15) is 19.8 Å². The van der Waals surface area contributed by atoms with Crippen LogP contribution in [-0.4, -0.2) is 26.9 Å². The topological polar surface area (TPSA) is 104 Å². The second-order valence-electron chi connectivity index (χ2n) is 5.87. The third-order valence-corrected chi connectivity index (χ3v) is 4.06. The highest BCUT2D eigenvalue weighted by molar-refractivity contribution is 6.02. The number of aromatic nitrogens is 1. The molecule has 3 rings (SSSR count). The van der Waals surface area contributed by atoms with Crippen molar-refractivity contribution in [1.82, 2.24) is 9.99 Å². The van der Waals surface area contributed by atoms with Crippen molar-refractivity contribution >= 4 is 23.0 Å². The Bertz CT molecular complexity index is 1100. The van der Waals surface area contributed by atoms with Crippen LogP contribution in [0, 0.1) is 6.92 Å². The van der Waals surface area contributed by atoms with Crippen LogP contribution in [0.25, 0.3) is 10.9 Å². The van der Waals surface area contributed by atoms with Crippen molar-refractivity contribution in [3.05, 3.63) is 69.5 Å². The lowest BCUT2D eigenvalue weighted by Gasteiger charge is -2.10. The maximum atomic E-state index is 12.4. The number of pyridine rings is 1. The monoisotopic (exact) mass is 351 g/mol. The van der Waals surface area contributed by atoms with Crippen molar-refractivity contribution in [2.45, 2.75) is 6.92 Å². The van der Waals surface area contributed by atoms with E-state index in [1.807, 2.05) is 6.92 Å².